The molecular weight excluding hydrogens is 286 g/mol. The molecule has 0 spiro atoms. The Morgan fingerprint density at radius 1 is 0.957 bits per heavy atom. The second-order valence-electron chi connectivity index (χ2n) is 5.62. The van der Waals surface area contributed by atoms with Crippen LogP contribution >= 0.6 is 0 Å². The summed E-state index contributed by atoms with van der Waals surface area (Å²) in [5, 5.41) is 2.96. The van der Waals surface area contributed by atoms with E-state index in [1.807, 2.05) is 54.6 Å². The van der Waals surface area contributed by atoms with Crippen LogP contribution in [0.15, 0.2) is 54.6 Å². The van der Waals surface area contributed by atoms with E-state index < -0.39 is 0 Å². The molecule has 0 aliphatic carbocycles. The summed E-state index contributed by atoms with van der Waals surface area (Å²) >= 11 is 0. The van der Waals surface area contributed by atoms with Crippen LogP contribution in [0.2, 0.25) is 0 Å². The molecule has 0 unspecified atom stereocenters. The van der Waals surface area contributed by atoms with Crippen LogP contribution in [0.3, 0.4) is 0 Å². The highest BCUT2D eigenvalue weighted by Crippen LogP contribution is 2.14. The van der Waals surface area contributed by atoms with Gasteiger partial charge in [0.1, 0.15) is 12.4 Å². The average Bonchev–Trinajstić information content (AvgIpc) is 2.61. The molecule has 0 saturated heterocycles. The first kappa shape index (κ1) is 17.1. The smallest absolute Gasteiger partial charge is 0.251 e. The van der Waals surface area contributed by atoms with Gasteiger partial charge < -0.3 is 10.1 Å². The van der Waals surface area contributed by atoms with Gasteiger partial charge >= 0.3 is 0 Å². The third-order valence-corrected chi connectivity index (χ3v) is 3.68. The molecule has 23 heavy (non-hydrogen) atoms. The first-order valence-electron chi connectivity index (χ1n) is 8.34. The van der Waals surface area contributed by atoms with Crippen molar-refractivity contribution >= 4 is 5.91 Å². The van der Waals surface area contributed by atoms with Gasteiger partial charge in [-0.05, 0) is 36.2 Å². The molecule has 0 atom stereocenters. The molecule has 0 bridgehead atoms. The number of ether oxygens (including phenoxy) is 1. The summed E-state index contributed by atoms with van der Waals surface area (Å²) in [5.41, 5.74) is 1.80. The van der Waals surface area contributed by atoms with E-state index >= 15 is 0 Å². The van der Waals surface area contributed by atoms with E-state index in [0.29, 0.717) is 12.2 Å². The van der Waals surface area contributed by atoms with Crippen molar-refractivity contribution in [2.45, 2.75) is 39.2 Å². The Morgan fingerprint density at radius 3 is 2.39 bits per heavy atom. The Balaban J connectivity index is 1.76. The maximum absolute atomic E-state index is 12.0. The van der Waals surface area contributed by atoms with E-state index in [9.17, 15) is 4.79 Å². The number of carbonyl (C=O) groups is 1. The maximum atomic E-state index is 12.0. The van der Waals surface area contributed by atoms with Crippen LogP contribution < -0.4 is 10.1 Å². The molecule has 0 aliphatic heterocycles. The number of hydrogen-bond acceptors (Lipinski definition) is 2. The zero-order valence-corrected chi connectivity index (χ0v) is 13.8. The quantitative estimate of drug-likeness (QED) is 0.689. The molecule has 1 amide bonds. The van der Waals surface area contributed by atoms with E-state index in [-0.39, 0.29) is 5.91 Å². The Labute approximate surface area is 138 Å². The maximum Gasteiger partial charge on any atom is 0.251 e. The molecule has 0 fully saturated rings. The number of nitrogens with one attached hydrogen (secondary N) is 1. The lowest BCUT2D eigenvalue weighted by molar-refractivity contribution is 0.0953. The van der Waals surface area contributed by atoms with Crippen molar-refractivity contribution in [1.82, 2.24) is 5.32 Å². The van der Waals surface area contributed by atoms with Gasteiger partial charge in [0.25, 0.3) is 5.91 Å². The average molecular weight is 311 g/mol. The molecule has 3 nitrogen and oxygen atoms in total. The van der Waals surface area contributed by atoms with E-state index in [2.05, 4.69) is 12.2 Å². The van der Waals surface area contributed by atoms with E-state index in [0.717, 1.165) is 24.3 Å². The predicted octanol–water partition coefficient (Wildman–Crippen LogP) is 4.58. The topological polar surface area (TPSA) is 38.3 Å². The zero-order chi connectivity index (χ0) is 16.3. The summed E-state index contributed by atoms with van der Waals surface area (Å²) in [4.78, 5) is 12.0. The minimum Gasteiger partial charge on any atom is -0.489 e. The van der Waals surface area contributed by atoms with Gasteiger partial charge in [0, 0.05) is 12.1 Å². The Hall–Kier alpha value is -2.29. The van der Waals surface area contributed by atoms with Crippen molar-refractivity contribution in [1.29, 1.82) is 0 Å². The normalized spacial score (nSPS) is 10.3. The highest BCUT2D eigenvalue weighted by molar-refractivity contribution is 5.94. The second kappa shape index (κ2) is 9.67. The van der Waals surface area contributed by atoms with Gasteiger partial charge in [-0.15, -0.1) is 0 Å². The molecule has 0 radical (unpaired) electrons. The lowest BCUT2D eigenvalue weighted by Crippen LogP contribution is -2.24. The lowest BCUT2D eigenvalue weighted by Gasteiger charge is -2.08. The number of unbranched alkanes of at least 4 members (excludes halogenated alkanes) is 3. The number of hydrogen-bond donors (Lipinski definition) is 1. The van der Waals surface area contributed by atoms with Crippen molar-refractivity contribution in [2.75, 3.05) is 6.54 Å². The van der Waals surface area contributed by atoms with Gasteiger partial charge in [-0.1, -0.05) is 56.5 Å². The SMILES string of the molecule is CCCCCCNC(=O)c1ccc(OCc2ccccc2)cc1. The molecule has 0 aliphatic rings. The number of amides is 1. The van der Waals surface area contributed by atoms with Crippen molar-refractivity contribution in [3.05, 3.63) is 65.7 Å². The van der Waals surface area contributed by atoms with Crippen LogP contribution in [0.25, 0.3) is 0 Å². The second-order valence-corrected chi connectivity index (χ2v) is 5.62. The van der Waals surface area contributed by atoms with Gasteiger partial charge in [-0.2, -0.15) is 0 Å². The number of rotatable bonds is 9. The summed E-state index contributed by atoms with van der Waals surface area (Å²) in [7, 11) is 0. The van der Waals surface area contributed by atoms with Crippen LogP contribution in [0.4, 0.5) is 0 Å². The first-order valence-corrected chi connectivity index (χ1v) is 8.34. The standard InChI is InChI=1S/C20H25NO2/c1-2-3-4-8-15-21-20(22)18-11-13-19(14-12-18)23-16-17-9-6-5-7-10-17/h5-7,9-14H,2-4,8,15-16H2,1H3,(H,21,22). The molecular formula is C20H25NO2. The van der Waals surface area contributed by atoms with Gasteiger partial charge in [0.2, 0.25) is 0 Å². The van der Waals surface area contributed by atoms with Crippen LogP contribution in [0, 0.1) is 0 Å². The Morgan fingerprint density at radius 2 is 1.70 bits per heavy atom. The highest BCUT2D eigenvalue weighted by Gasteiger charge is 2.05. The number of carbonyl (C=O) groups excluding carboxylic acids is 1. The van der Waals surface area contributed by atoms with E-state index in [1.165, 1.54) is 19.3 Å². The molecule has 0 heterocycles. The van der Waals surface area contributed by atoms with E-state index in [1.54, 1.807) is 0 Å². The molecule has 2 rings (SSSR count). The molecule has 0 aromatic heterocycles. The summed E-state index contributed by atoms with van der Waals surface area (Å²) < 4.78 is 5.72. The zero-order valence-electron chi connectivity index (χ0n) is 13.8. The van der Waals surface area contributed by atoms with Crippen LogP contribution in [-0.2, 0) is 6.61 Å². The fourth-order valence-electron chi connectivity index (χ4n) is 2.30. The van der Waals surface area contributed by atoms with Gasteiger partial charge in [0.15, 0.2) is 0 Å². The molecule has 2 aromatic rings. The van der Waals surface area contributed by atoms with Crippen molar-refractivity contribution in [2.24, 2.45) is 0 Å². The van der Waals surface area contributed by atoms with Crippen molar-refractivity contribution < 1.29 is 9.53 Å². The molecule has 0 saturated carbocycles. The van der Waals surface area contributed by atoms with Crippen LogP contribution in [0.1, 0.15) is 48.5 Å². The fraction of sp³-hybridized carbons (Fsp3) is 0.350. The van der Waals surface area contributed by atoms with Crippen molar-refractivity contribution in [3.8, 4) is 5.75 Å². The molecule has 122 valence electrons. The number of benzene rings is 2. The third kappa shape index (κ3) is 6.15. The first-order chi connectivity index (χ1) is 11.3. The Kier molecular flexibility index (Phi) is 7.18. The summed E-state index contributed by atoms with van der Waals surface area (Å²) in [6.45, 7) is 3.45. The Bertz CT molecular complexity index is 578. The van der Waals surface area contributed by atoms with Crippen LogP contribution in [-0.4, -0.2) is 12.5 Å². The van der Waals surface area contributed by atoms with Gasteiger partial charge in [-0.3, -0.25) is 4.79 Å². The monoisotopic (exact) mass is 311 g/mol. The summed E-state index contributed by atoms with van der Waals surface area (Å²) in [6.07, 6.45) is 4.64. The highest BCUT2D eigenvalue weighted by atomic mass is 16.5. The van der Waals surface area contributed by atoms with E-state index in [4.69, 9.17) is 4.74 Å². The third-order valence-electron chi connectivity index (χ3n) is 3.68. The van der Waals surface area contributed by atoms with Gasteiger partial charge in [0.05, 0.1) is 0 Å². The molecule has 3 heteroatoms. The fourth-order valence-corrected chi connectivity index (χ4v) is 2.30. The van der Waals surface area contributed by atoms with Gasteiger partial charge in [-0.25, -0.2) is 0 Å². The minimum absolute atomic E-state index is 0.0175. The summed E-state index contributed by atoms with van der Waals surface area (Å²) in [5.74, 6) is 0.754. The molecule has 2 aromatic carbocycles. The lowest BCUT2D eigenvalue weighted by atomic mass is 10.2. The predicted molar refractivity (Wildman–Crippen MR) is 93.7 cm³/mol. The largest absolute Gasteiger partial charge is 0.489 e. The molecule has 1 N–H and O–H groups in total. The van der Waals surface area contributed by atoms with Crippen LogP contribution in [0.5, 0.6) is 5.75 Å². The minimum atomic E-state index is -0.0175. The summed E-state index contributed by atoms with van der Waals surface area (Å²) in [6, 6.07) is 17.3. The van der Waals surface area contributed by atoms with Crippen molar-refractivity contribution in [3.63, 3.8) is 0 Å².